The molecule has 19 heavy (non-hydrogen) atoms. The molecule has 1 N–H and O–H groups in total. The summed E-state index contributed by atoms with van der Waals surface area (Å²) in [5, 5.41) is 2.58. The van der Waals surface area contributed by atoms with Crippen LogP contribution in [-0.2, 0) is 19.4 Å². The van der Waals surface area contributed by atoms with E-state index in [4.69, 9.17) is 0 Å². The molecule has 7 heteroatoms. The van der Waals surface area contributed by atoms with Crippen LogP contribution in [0, 0.1) is 0 Å². The molecule has 0 spiro atoms. The minimum atomic E-state index is -3.35. The van der Waals surface area contributed by atoms with Gasteiger partial charge in [0.1, 0.15) is 6.54 Å². The summed E-state index contributed by atoms with van der Waals surface area (Å²) in [6.07, 6.45) is 1.37. The number of benzene rings is 1. The van der Waals surface area contributed by atoms with Crippen LogP contribution in [0.5, 0.6) is 0 Å². The zero-order chi connectivity index (χ0) is 14.2. The van der Waals surface area contributed by atoms with Crippen molar-refractivity contribution in [3.63, 3.8) is 0 Å². The molecule has 0 unspecified atom stereocenters. The maximum atomic E-state index is 11.8. The maximum absolute atomic E-state index is 11.8. The minimum absolute atomic E-state index is 0.0438. The lowest BCUT2D eigenvalue weighted by atomic mass is 10.2. The van der Waals surface area contributed by atoms with Crippen LogP contribution in [0.4, 0.5) is 11.4 Å². The molecule has 1 aromatic rings. The van der Waals surface area contributed by atoms with Crippen LogP contribution >= 0.6 is 0 Å². The second kappa shape index (κ2) is 4.65. The fourth-order valence-corrected chi connectivity index (χ4v) is 2.56. The predicted octanol–water partition coefficient (Wildman–Crippen LogP) is 0.785. The Morgan fingerprint density at radius 3 is 2.68 bits per heavy atom. The molecule has 0 atom stereocenters. The van der Waals surface area contributed by atoms with Gasteiger partial charge in [0.05, 0.1) is 16.3 Å². The zero-order valence-electron chi connectivity index (χ0n) is 10.6. The average molecular weight is 282 g/mol. The van der Waals surface area contributed by atoms with Crippen LogP contribution < -0.4 is 10.2 Å². The van der Waals surface area contributed by atoms with E-state index in [2.05, 4.69) is 5.32 Å². The summed E-state index contributed by atoms with van der Waals surface area (Å²) < 4.78 is 23.0. The lowest BCUT2D eigenvalue weighted by molar-refractivity contribution is -0.121. The number of anilines is 2. The van der Waals surface area contributed by atoms with Crippen molar-refractivity contribution >= 4 is 33.0 Å². The molecule has 0 aliphatic carbocycles. The van der Waals surface area contributed by atoms with Gasteiger partial charge in [0, 0.05) is 12.7 Å². The molecule has 2 rings (SSSR count). The van der Waals surface area contributed by atoms with Gasteiger partial charge in [0.2, 0.25) is 11.8 Å². The predicted molar refractivity (Wildman–Crippen MR) is 70.8 cm³/mol. The van der Waals surface area contributed by atoms with E-state index in [1.165, 1.54) is 17.0 Å². The number of carbonyl (C=O) groups is 2. The molecule has 2 amide bonds. The van der Waals surface area contributed by atoms with Crippen LogP contribution in [0.2, 0.25) is 0 Å². The lowest BCUT2D eigenvalue weighted by Gasteiger charge is -2.29. The number of hydrogen-bond acceptors (Lipinski definition) is 4. The highest BCUT2D eigenvalue weighted by molar-refractivity contribution is 7.90. The molecular formula is C12H14N2O4S. The first-order chi connectivity index (χ1) is 8.82. The Morgan fingerprint density at radius 2 is 2.11 bits per heavy atom. The number of hydrogen-bond donors (Lipinski definition) is 1. The number of sulfone groups is 1. The Kier molecular flexibility index (Phi) is 3.32. The molecule has 0 bridgehead atoms. The molecule has 0 fully saturated rings. The Labute approximate surface area is 111 Å². The summed E-state index contributed by atoms with van der Waals surface area (Å²) in [5.41, 5.74) is 0.875. The highest BCUT2D eigenvalue weighted by Crippen LogP contribution is 2.32. The summed E-state index contributed by atoms with van der Waals surface area (Å²) >= 11 is 0. The quantitative estimate of drug-likeness (QED) is 0.869. The fourth-order valence-electron chi connectivity index (χ4n) is 1.91. The van der Waals surface area contributed by atoms with E-state index in [1.54, 1.807) is 13.0 Å². The molecule has 1 aromatic carbocycles. The van der Waals surface area contributed by atoms with Crippen molar-refractivity contribution in [2.45, 2.75) is 18.2 Å². The van der Waals surface area contributed by atoms with Crippen LogP contribution in [0.1, 0.15) is 13.3 Å². The molecule has 0 saturated heterocycles. The van der Waals surface area contributed by atoms with Gasteiger partial charge < -0.3 is 10.2 Å². The molecule has 1 heterocycles. The largest absolute Gasteiger partial charge is 0.323 e. The molecule has 1 aliphatic rings. The van der Waals surface area contributed by atoms with Crippen LogP contribution in [-0.4, -0.2) is 33.0 Å². The Balaban J connectivity index is 2.53. The number of nitrogens with one attached hydrogen (secondary N) is 1. The van der Waals surface area contributed by atoms with Gasteiger partial charge >= 0.3 is 0 Å². The van der Waals surface area contributed by atoms with Gasteiger partial charge in [0.15, 0.2) is 9.84 Å². The van der Waals surface area contributed by atoms with Crippen molar-refractivity contribution < 1.29 is 18.0 Å². The van der Waals surface area contributed by atoms with E-state index in [1.807, 2.05) is 0 Å². The van der Waals surface area contributed by atoms with E-state index in [-0.39, 0.29) is 29.7 Å². The van der Waals surface area contributed by atoms with Crippen molar-refractivity contribution in [3.8, 4) is 0 Å². The smallest absolute Gasteiger partial charge is 0.244 e. The summed E-state index contributed by atoms with van der Waals surface area (Å²) in [5.74, 6) is -0.511. The molecule has 0 aromatic heterocycles. The highest BCUT2D eigenvalue weighted by Gasteiger charge is 2.26. The summed E-state index contributed by atoms with van der Waals surface area (Å²) in [7, 11) is -3.35. The van der Waals surface area contributed by atoms with Gasteiger partial charge in [-0.05, 0) is 18.2 Å². The Bertz CT molecular complexity index is 652. The maximum Gasteiger partial charge on any atom is 0.244 e. The Morgan fingerprint density at radius 1 is 1.42 bits per heavy atom. The molecule has 0 saturated carbocycles. The van der Waals surface area contributed by atoms with Crippen LogP contribution in [0.25, 0.3) is 0 Å². The van der Waals surface area contributed by atoms with Gasteiger partial charge in [-0.15, -0.1) is 0 Å². The van der Waals surface area contributed by atoms with Crippen molar-refractivity contribution in [1.29, 1.82) is 0 Å². The number of fused-ring (bicyclic) bond motifs is 1. The molecular weight excluding hydrogens is 268 g/mol. The normalized spacial score (nSPS) is 14.8. The van der Waals surface area contributed by atoms with Gasteiger partial charge in [0.25, 0.3) is 0 Å². The first-order valence-electron chi connectivity index (χ1n) is 5.77. The molecule has 102 valence electrons. The topological polar surface area (TPSA) is 83.6 Å². The van der Waals surface area contributed by atoms with Crippen molar-refractivity contribution in [1.82, 2.24) is 0 Å². The zero-order valence-corrected chi connectivity index (χ0v) is 11.5. The number of rotatable bonds is 2. The molecule has 1 aliphatic heterocycles. The Hall–Kier alpha value is -1.89. The standard InChI is InChI=1S/C12H14N2O4S/c1-3-12(16)14-7-11(15)13-9-6-8(19(2,17)18)4-5-10(9)14/h4-6H,3,7H2,1-2H3,(H,13,15). The van der Waals surface area contributed by atoms with E-state index in [0.29, 0.717) is 11.4 Å². The van der Waals surface area contributed by atoms with Gasteiger partial charge in [-0.25, -0.2) is 8.42 Å². The van der Waals surface area contributed by atoms with Crippen LogP contribution in [0.3, 0.4) is 0 Å². The second-order valence-electron chi connectivity index (χ2n) is 4.33. The SMILES string of the molecule is CCC(=O)N1CC(=O)Nc2cc(S(C)(=O)=O)ccc21. The number of amides is 2. The summed E-state index contributed by atoms with van der Waals surface area (Å²) in [6, 6.07) is 4.35. The second-order valence-corrected chi connectivity index (χ2v) is 6.35. The van der Waals surface area contributed by atoms with E-state index < -0.39 is 9.84 Å². The monoisotopic (exact) mass is 282 g/mol. The third-order valence-corrected chi connectivity index (χ3v) is 3.98. The van der Waals surface area contributed by atoms with Gasteiger partial charge in [-0.2, -0.15) is 0 Å². The first-order valence-corrected chi connectivity index (χ1v) is 7.66. The van der Waals surface area contributed by atoms with Crippen LogP contribution in [0.15, 0.2) is 23.1 Å². The summed E-state index contributed by atoms with van der Waals surface area (Å²) in [6.45, 7) is 1.66. The highest BCUT2D eigenvalue weighted by atomic mass is 32.2. The van der Waals surface area contributed by atoms with Gasteiger partial charge in [-0.3, -0.25) is 9.59 Å². The lowest BCUT2D eigenvalue weighted by Crippen LogP contribution is -2.41. The minimum Gasteiger partial charge on any atom is -0.323 e. The average Bonchev–Trinajstić information content (AvgIpc) is 2.34. The van der Waals surface area contributed by atoms with Crippen molar-refractivity contribution in [2.24, 2.45) is 0 Å². The van der Waals surface area contributed by atoms with Gasteiger partial charge in [-0.1, -0.05) is 6.92 Å². The fraction of sp³-hybridized carbons (Fsp3) is 0.333. The molecule has 0 radical (unpaired) electrons. The van der Waals surface area contributed by atoms with E-state index >= 15 is 0 Å². The third-order valence-electron chi connectivity index (χ3n) is 2.87. The number of nitrogens with zero attached hydrogens (tertiary/aromatic N) is 1. The molecule has 6 nitrogen and oxygen atoms in total. The first kappa shape index (κ1) is 13.5. The van der Waals surface area contributed by atoms with Crippen molar-refractivity contribution in [3.05, 3.63) is 18.2 Å². The van der Waals surface area contributed by atoms with E-state index in [0.717, 1.165) is 6.26 Å². The van der Waals surface area contributed by atoms with Crippen molar-refractivity contribution in [2.75, 3.05) is 23.0 Å². The third kappa shape index (κ3) is 2.60. The number of carbonyl (C=O) groups excluding carboxylic acids is 2. The van der Waals surface area contributed by atoms with E-state index in [9.17, 15) is 18.0 Å². The summed E-state index contributed by atoms with van der Waals surface area (Å²) in [4.78, 5) is 24.8.